The predicted molar refractivity (Wildman–Crippen MR) is 82.1 cm³/mol. The van der Waals surface area contributed by atoms with Gasteiger partial charge in [0.1, 0.15) is 0 Å². The van der Waals surface area contributed by atoms with Gasteiger partial charge in [0.25, 0.3) is 0 Å². The molecule has 114 valence electrons. The van der Waals surface area contributed by atoms with E-state index in [4.69, 9.17) is 5.11 Å². The molecule has 1 aromatic rings. The standard InChI is InChI=1S/C14H15BrFNO3S/c1-9(21-11-4-2-10(15)3-5-11)12(18)17-7-6-14(16,8-17)13(19)20/h2-5,9H,6-8H2,1H3,(H,19,20). The molecule has 1 aromatic carbocycles. The van der Waals surface area contributed by atoms with Crippen molar-refractivity contribution in [2.75, 3.05) is 13.1 Å². The third-order valence-electron chi connectivity index (χ3n) is 3.39. The first-order chi connectivity index (χ1) is 9.82. The summed E-state index contributed by atoms with van der Waals surface area (Å²) >= 11 is 4.71. The quantitative estimate of drug-likeness (QED) is 0.821. The number of hydrogen-bond donors (Lipinski definition) is 1. The zero-order valence-corrected chi connectivity index (χ0v) is 13.8. The van der Waals surface area contributed by atoms with Crippen molar-refractivity contribution in [2.24, 2.45) is 0 Å². The molecule has 2 atom stereocenters. The van der Waals surface area contributed by atoms with Crippen molar-refractivity contribution in [3.05, 3.63) is 28.7 Å². The number of carboxylic acids is 1. The van der Waals surface area contributed by atoms with Gasteiger partial charge in [-0.25, -0.2) is 9.18 Å². The summed E-state index contributed by atoms with van der Waals surface area (Å²) in [5.74, 6) is -1.73. The van der Waals surface area contributed by atoms with Crippen LogP contribution in [0.2, 0.25) is 0 Å². The van der Waals surface area contributed by atoms with Crippen LogP contribution in [0, 0.1) is 0 Å². The van der Waals surface area contributed by atoms with Crippen molar-refractivity contribution in [2.45, 2.75) is 29.2 Å². The molecule has 0 radical (unpaired) electrons. The molecule has 1 amide bonds. The van der Waals surface area contributed by atoms with Crippen molar-refractivity contribution in [1.29, 1.82) is 0 Å². The second-order valence-electron chi connectivity index (χ2n) is 4.99. The number of halogens is 2. The number of rotatable bonds is 4. The van der Waals surface area contributed by atoms with Gasteiger partial charge < -0.3 is 10.0 Å². The van der Waals surface area contributed by atoms with E-state index < -0.39 is 11.6 Å². The van der Waals surface area contributed by atoms with Crippen LogP contribution in [0.5, 0.6) is 0 Å². The molecule has 2 unspecified atom stereocenters. The fourth-order valence-electron chi connectivity index (χ4n) is 2.16. The van der Waals surface area contributed by atoms with Gasteiger partial charge in [0, 0.05) is 22.3 Å². The Hall–Kier alpha value is -1.08. The van der Waals surface area contributed by atoms with Crippen LogP contribution in [0.4, 0.5) is 4.39 Å². The van der Waals surface area contributed by atoms with Crippen molar-refractivity contribution in [1.82, 2.24) is 4.90 Å². The average molecular weight is 376 g/mol. The number of thioether (sulfide) groups is 1. The highest BCUT2D eigenvalue weighted by Crippen LogP contribution is 2.30. The molecule has 1 aliphatic rings. The largest absolute Gasteiger partial charge is 0.479 e. The fourth-order valence-corrected chi connectivity index (χ4v) is 3.38. The van der Waals surface area contributed by atoms with Gasteiger partial charge in [0.05, 0.1) is 11.8 Å². The summed E-state index contributed by atoms with van der Waals surface area (Å²) in [5, 5.41) is 8.46. The maximum atomic E-state index is 14.0. The lowest BCUT2D eigenvalue weighted by molar-refractivity contribution is -0.150. The number of amides is 1. The molecule has 2 rings (SSSR count). The molecule has 0 saturated carbocycles. The highest BCUT2D eigenvalue weighted by Gasteiger charge is 2.47. The lowest BCUT2D eigenvalue weighted by Crippen LogP contribution is -2.41. The number of nitrogens with zero attached hydrogens (tertiary/aromatic N) is 1. The van der Waals surface area contributed by atoms with Crippen LogP contribution in [0.1, 0.15) is 13.3 Å². The van der Waals surface area contributed by atoms with Crippen LogP contribution in [-0.2, 0) is 9.59 Å². The average Bonchev–Trinajstić information content (AvgIpc) is 2.84. The first kappa shape index (κ1) is 16.3. The summed E-state index contributed by atoms with van der Waals surface area (Å²) in [4.78, 5) is 25.4. The van der Waals surface area contributed by atoms with Crippen LogP contribution in [-0.4, -0.2) is 45.9 Å². The van der Waals surface area contributed by atoms with Gasteiger partial charge in [-0.1, -0.05) is 15.9 Å². The van der Waals surface area contributed by atoms with E-state index in [1.54, 1.807) is 6.92 Å². The monoisotopic (exact) mass is 375 g/mol. The Bertz CT molecular complexity index is 554. The minimum absolute atomic E-state index is 0.146. The minimum Gasteiger partial charge on any atom is -0.479 e. The van der Waals surface area contributed by atoms with E-state index in [2.05, 4.69) is 15.9 Å². The number of benzene rings is 1. The molecule has 4 nitrogen and oxygen atoms in total. The smallest absolute Gasteiger partial charge is 0.343 e. The van der Waals surface area contributed by atoms with Crippen molar-refractivity contribution < 1.29 is 19.1 Å². The normalized spacial score (nSPS) is 23.1. The number of carbonyl (C=O) groups excluding carboxylic acids is 1. The molecule has 21 heavy (non-hydrogen) atoms. The highest BCUT2D eigenvalue weighted by molar-refractivity contribution is 9.10. The van der Waals surface area contributed by atoms with Gasteiger partial charge in [-0.05, 0) is 31.2 Å². The lowest BCUT2D eigenvalue weighted by atomic mass is 10.1. The lowest BCUT2D eigenvalue weighted by Gasteiger charge is -2.21. The summed E-state index contributed by atoms with van der Waals surface area (Å²) in [6.45, 7) is 1.52. The molecule has 0 aliphatic carbocycles. The SMILES string of the molecule is CC(Sc1ccc(Br)cc1)C(=O)N1CCC(F)(C(=O)O)C1. The van der Waals surface area contributed by atoms with Gasteiger partial charge in [0.2, 0.25) is 11.6 Å². The van der Waals surface area contributed by atoms with E-state index in [0.29, 0.717) is 0 Å². The second kappa shape index (κ2) is 6.36. The predicted octanol–water partition coefficient (Wildman–Crippen LogP) is 2.95. The molecule has 0 bridgehead atoms. The number of hydrogen-bond acceptors (Lipinski definition) is 3. The molecule has 1 fully saturated rings. The number of likely N-dealkylation sites (tertiary alicyclic amines) is 1. The first-order valence-electron chi connectivity index (χ1n) is 6.45. The molecular weight excluding hydrogens is 361 g/mol. The van der Waals surface area contributed by atoms with Gasteiger partial charge in [-0.15, -0.1) is 11.8 Å². The Kier molecular flexibility index (Phi) is 4.93. The van der Waals surface area contributed by atoms with Gasteiger partial charge in [-0.3, -0.25) is 4.79 Å². The maximum Gasteiger partial charge on any atom is 0.343 e. The van der Waals surface area contributed by atoms with Crippen LogP contribution in [0.3, 0.4) is 0 Å². The molecule has 7 heteroatoms. The number of aliphatic carboxylic acids is 1. The van der Waals surface area contributed by atoms with Gasteiger partial charge >= 0.3 is 5.97 Å². The number of carbonyl (C=O) groups is 2. The summed E-state index contributed by atoms with van der Waals surface area (Å²) in [6, 6.07) is 7.54. The Balaban J connectivity index is 1.97. The second-order valence-corrected chi connectivity index (χ2v) is 7.32. The van der Waals surface area contributed by atoms with E-state index in [0.717, 1.165) is 9.37 Å². The van der Waals surface area contributed by atoms with Gasteiger partial charge in [0.15, 0.2) is 0 Å². The number of alkyl halides is 1. The topological polar surface area (TPSA) is 57.6 Å². The molecule has 0 aromatic heterocycles. The Morgan fingerprint density at radius 3 is 2.57 bits per heavy atom. The maximum absolute atomic E-state index is 14.0. The Morgan fingerprint density at radius 2 is 2.05 bits per heavy atom. The number of carboxylic acid groups (broad SMARTS) is 1. The van der Waals surface area contributed by atoms with Crippen molar-refractivity contribution in [3.8, 4) is 0 Å². The summed E-state index contributed by atoms with van der Waals surface area (Å²) < 4.78 is 14.9. The van der Waals surface area contributed by atoms with Crippen LogP contribution < -0.4 is 0 Å². The molecule has 1 heterocycles. The van der Waals surface area contributed by atoms with Crippen LogP contribution in [0.15, 0.2) is 33.6 Å². The molecule has 1 saturated heterocycles. The fraction of sp³-hybridized carbons (Fsp3) is 0.429. The highest BCUT2D eigenvalue weighted by atomic mass is 79.9. The van der Waals surface area contributed by atoms with Crippen molar-refractivity contribution in [3.63, 3.8) is 0 Å². The molecular formula is C14H15BrFNO3S. The van der Waals surface area contributed by atoms with E-state index in [1.165, 1.54) is 16.7 Å². The third-order valence-corrected chi connectivity index (χ3v) is 5.02. The van der Waals surface area contributed by atoms with Crippen LogP contribution in [0.25, 0.3) is 0 Å². The minimum atomic E-state index is -2.31. The molecule has 0 spiro atoms. The first-order valence-corrected chi connectivity index (χ1v) is 8.12. The zero-order chi connectivity index (χ0) is 15.6. The third kappa shape index (κ3) is 3.77. The molecule has 1 N–H and O–H groups in total. The van der Waals surface area contributed by atoms with E-state index in [-0.39, 0.29) is 30.7 Å². The van der Waals surface area contributed by atoms with Crippen molar-refractivity contribution >= 4 is 39.6 Å². The zero-order valence-electron chi connectivity index (χ0n) is 11.4. The van der Waals surface area contributed by atoms with E-state index >= 15 is 0 Å². The van der Waals surface area contributed by atoms with Crippen LogP contribution >= 0.6 is 27.7 Å². The van der Waals surface area contributed by atoms with E-state index in [1.807, 2.05) is 24.3 Å². The summed E-state index contributed by atoms with van der Waals surface area (Å²) in [6.07, 6.45) is -0.149. The molecule has 1 aliphatic heterocycles. The van der Waals surface area contributed by atoms with E-state index in [9.17, 15) is 14.0 Å². The summed E-state index contributed by atoms with van der Waals surface area (Å²) in [5.41, 5.74) is -2.31. The Labute approximate surface area is 134 Å². The Morgan fingerprint density at radius 1 is 1.43 bits per heavy atom. The van der Waals surface area contributed by atoms with Gasteiger partial charge in [-0.2, -0.15) is 0 Å². The summed E-state index contributed by atoms with van der Waals surface area (Å²) in [7, 11) is 0.